The number of nitrogens with one attached hydrogen (secondary N) is 1. The number of piperidine rings is 1. The number of anilines is 1. The standard InChI is InChI=1S/C18H29ClN4O2/c1-5-6-8-13-11-15(22-16(19)20-13)23-10-7-9-14(12-23)21-17(24)25-18(2,3)4/h11,14H,5-10,12H2,1-4H3,(H,21,24)/t14-/m1/s1. The smallest absolute Gasteiger partial charge is 0.407 e. The predicted octanol–water partition coefficient (Wildman–Crippen LogP) is 3.97. The van der Waals surface area contributed by atoms with Crippen LogP contribution in [0.25, 0.3) is 0 Å². The number of aromatic nitrogens is 2. The van der Waals surface area contributed by atoms with Gasteiger partial charge in [0.05, 0.1) is 0 Å². The molecular weight excluding hydrogens is 340 g/mol. The van der Waals surface area contributed by atoms with Gasteiger partial charge in [0, 0.05) is 30.9 Å². The first kappa shape index (κ1) is 19.8. The van der Waals surface area contributed by atoms with Crippen LogP contribution in [0.1, 0.15) is 59.1 Å². The van der Waals surface area contributed by atoms with Crippen molar-refractivity contribution in [2.24, 2.45) is 0 Å². The monoisotopic (exact) mass is 368 g/mol. The van der Waals surface area contributed by atoms with Crippen LogP contribution in [0.5, 0.6) is 0 Å². The first-order valence-corrected chi connectivity index (χ1v) is 9.42. The number of ether oxygens (including phenoxy) is 1. The molecule has 0 saturated carbocycles. The fourth-order valence-corrected chi connectivity index (χ4v) is 3.07. The molecule has 0 radical (unpaired) electrons. The molecule has 25 heavy (non-hydrogen) atoms. The third-order valence-electron chi connectivity index (χ3n) is 3.99. The van der Waals surface area contributed by atoms with Crippen molar-refractivity contribution in [1.29, 1.82) is 0 Å². The largest absolute Gasteiger partial charge is 0.444 e. The number of unbranched alkanes of at least 4 members (excludes halogenated alkanes) is 1. The van der Waals surface area contributed by atoms with Gasteiger partial charge in [-0.3, -0.25) is 0 Å². The van der Waals surface area contributed by atoms with Crippen LogP contribution in [0.15, 0.2) is 6.07 Å². The molecule has 0 aromatic carbocycles. The van der Waals surface area contributed by atoms with Crippen molar-refractivity contribution in [3.05, 3.63) is 17.0 Å². The third kappa shape index (κ3) is 6.69. The molecule has 140 valence electrons. The van der Waals surface area contributed by atoms with Crippen LogP contribution in [-0.4, -0.2) is 40.8 Å². The number of carbonyl (C=O) groups excluding carboxylic acids is 1. The summed E-state index contributed by atoms with van der Waals surface area (Å²) in [6, 6.07) is 2.05. The lowest BCUT2D eigenvalue weighted by atomic mass is 10.1. The molecule has 1 aliphatic heterocycles. The first-order chi connectivity index (χ1) is 11.8. The Morgan fingerprint density at radius 1 is 1.44 bits per heavy atom. The average Bonchev–Trinajstić information content (AvgIpc) is 2.50. The maximum Gasteiger partial charge on any atom is 0.407 e. The van der Waals surface area contributed by atoms with E-state index < -0.39 is 5.60 Å². The molecular formula is C18H29ClN4O2. The molecule has 7 heteroatoms. The van der Waals surface area contributed by atoms with Gasteiger partial charge in [-0.15, -0.1) is 0 Å². The number of hydrogen-bond acceptors (Lipinski definition) is 5. The van der Waals surface area contributed by atoms with Crippen LogP contribution in [-0.2, 0) is 11.2 Å². The Morgan fingerprint density at radius 2 is 2.20 bits per heavy atom. The highest BCUT2D eigenvalue weighted by Gasteiger charge is 2.25. The van der Waals surface area contributed by atoms with E-state index in [2.05, 4.69) is 27.1 Å². The molecule has 1 saturated heterocycles. The number of amides is 1. The minimum absolute atomic E-state index is 0.0384. The highest BCUT2D eigenvalue weighted by atomic mass is 35.5. The number of halogens is 1. The predicted molar refractivity (Wildman–Crippen MR) is 100 cm³/mol. The quantitative estimate of drug-likeness (QED) is 0.796. The molecule has 1 aliphatic rings. The number of carbonyl (C=O) groups is 1. The van der Waals surface area contributed by atoms with Gasteiger partial charge in [-0.2, -0.15) is 0 Å². The second-order valence-corrected chi connectivity index (χ2v) is 7.86. The zero-order valence-corrected chi connectivity index (χ0v) is 16.4. The lowest BCUT2D eigenvalue weighted by molar-refractivity contribution is 0.0500. The average molecular weight is 369 g/mol. The van der Waals surface area contributed by atoms with Crippen LogP contribution in [0.2, 0.25) is 5.28 Å². The van der Waals surface area contributed by atoms with Crippen LogP contribution in [0, 0.1) is 0 Å². The van der Waals surface area contributed by atoms with E-state index in [-0.39, 0.29) is 17.4 Å². The van der Waals surface area contributed by atoms with Gasteiger partial charge in [-0.1, -0.05) is 13.3 Å². The highest BCUT2D eigenvalue weighted by molar-refractivity contribution is 6.28. The molecule has 2 heterocycles. The van der Waals surface area contributed by atoms with E-state index >= 15 is 0 Å². The van der Waals surface area contributed by atoms with Gasteiger partial charge in [-0.25, -0.2) is 14.8 Å². The van der Waals surface area contributed by atoms with Gasteiger partial charge in [-0.05, 0) is 58.1 Å². The first-order valence-electron chi connectivity index (χ1n) is 9.05. The van der Waals surface area contributed by atoms with E-state index in [0.29, 0.717) is 6.54 Å². The Bertz CT molecular complexity index is 589. The van der Waals surface area contributed by atoms with Gasteiger partial charge >= 0.3 is 6.09 Å². The lowest BCUT2D eigenvalue weighted by Gasteiger charge is -2.34. The maximum absolute atomic E-state index is 12.0. The van der Waals surface area contributed by atoms with Crippen LogP contribution in [0.4, 0.5) is 10.6 Å². The summed E-state index contributed by atoms with van der Waals surface area (Å²) in [5.41, 5.74) is 0.478. The van der Waals surface area contributed by atoms with E-state index in [1.165, 1.54) is 0 Å². The van der Waals surface area contributed by atoms with Gasteiger partial charge in [0.2, 0.25) is 5.28 Å². The van der Waals surface area contributed by atoms with E-state index in [1.54, 1.807) is 0 Å². The number of hydrogen-bond donors (Lipinski definition) is 1. The Kier molecular flexibility index (Phi) is 6.87. The van der Waals surface area contributed by atoms with Gasteiger partial charge < -0.3 is 15.0 Å². The minimum Gasteiger partial charge on any atom is -0.444 e. The Hall–Kier alpha value is -1.56. The zero-order valence-electron chi connectivity index (χ0n) is 15.6. The van der Waals surface area contributed by atoms with Crippen molar-refractivity contribution in [2.75, 3.05) is 18.0 Å². The number of aryl methyl sites for hydroxylation is 1. The minimum atomic E-state index is -0.493. The summed E-state index contributed by atoms with van der Waals surface area (Å²) in [6.07, 6.45) is 4.63. The molecule has 1 aromatic rings. The van der Waals surface area contributed by atoms with E-state index in [9.17, 15) is 4.79 Å². The second kappa shape index (κ2) is 8.70. The molecule has 0 aliphatic carbocycles. The van der Waals surface area contributed by atoms with Crippen molar-refractivity contribution in [1.82, 2.24) is 15.3 Å². The molecule has 1 N–H and O–H groups in total. The van der Waals surface area contributed by atoms with Crippen LogP contribution < -0.4 is 10.2 Å². The zero-order chi connectivity index (χ0) is 18.4. The molecule has 6 nitrogen and oxygen atoms in total. The molecule has 1 atom stereocenters. The second-order valence-electron chi connectivity index (χ2n) is 7.52. The normalized spacial score (nSPS) is 18.1. The molecule has 0 bridgehead atoms. The number of rotatable bonds is 5. The summed E-state index contributed by atoms with van der Waals surface area (Å²) in [7, 11) is 0. The van der Waals surface area contributed by atoms with Crippen LogP contribution >= 0.6 is 11.6 Å². The van der Waals surface area contributed by atoms with Gasteiger partial charge in [0.15, 0.2) is 0 Å². The van der Waals surface area contributed by atoms with E-state index in [0.717, 1.165) is 50.2 Å². The Balaban J connectivity index is 2.00. The molecule has 0 spiro atoms. The summed E-state index contributed by atoms with van der Waals surface area (Å²) in [5, 5.41) is 3.24. The summed E-state index contributed by atoms with van der Waals surface area (Å²) in [4.78, 5) is 22.8. The highest BCUT2D eigenvalue weighted by Crippen LogP contribution is 2.21. The van der Waals surface area contributed by atoms with Crippen molar-refractivity contribution in [2.45, 2.75) is 71.4 Å². The summed E-state index contributed by atoms with van der Waals surface area (Å²) < 4.78 is 5.35. The maximum atomic E-state index is 12.0. The summed E-state index contributed by atoms with van der Waals surface area (Å²) in [6.45, 7) is 9.33. The number of nitrogens with zero attached hydrogens (tertiary/aromatic N) is 3. The molecule has 2 rings (SSSR count). The fourth-order valence-electron chi connectivity index (χ4n) is 2.88. The van der Waals surface area contributed by atoms with Gasteiger partial charge in [0.1, 0.15) is 11.4 Å². The summed E-state index contributed by atoms with van der Waals surface area (Å²) in [5.74, 6) is 0.835. The SMILES string of the molecule is CCCCc1cc(N2CCC[C@@H](NC(=O)OC(C)(C)C)C2)nc(Cl)n1. The van der Waals surface area contributed by atoms with E-state index in [1.807, 2.05) is 26.8 Å². The molecule has 1 fully saturated rings. The lowest BCUT2D eigenvalue weighted by Crippen LogP contribution is -2.49. The van der Waals surface area contributed by atoms with Crippen molar-refractivity contribution >= 4 is 23.5 Å². The van der Waals surface area contributed by atoms with E-state index in [4.69, 9.17) is 16.3 Å². The van der Waals surface area contributed by atoms with Gasteiger partial charge in [0.25, 0.3) is 0 Å². The molecule has 1 amide bonds. The van der Waals surface area contributed by atoms with Crippen molar-refractivity contribution in [3.63, 3.8) is 0 Å². The summed E-state index contributed by atoms with van der Waals surface area (Å²) >= 11 is 6.10. The van der Waals surface area contributed by atoms with Crippen molar-refractivity contribution in [3.8, 4) is 0 Å². The Morgan fingerprint density at radius 3 is 2.88 bits per heavy atom. The molecule has 1 aromatic heterocycles. The molecule has 0 unspecified atom stereocenters. The number of alkyl carbamates (subject to hydrolysis) is 1. The third-order valence-corrected chi connectivity index (χ3v) is 4.16. The van der Waals surface area contributed by atoms with Crippen LogP contribution in [0.3, 0.4) is 0 Å². The Labute approximate surface area is 155 Å². The van der Waals surface area contributed by atoms with Crippen molar-refractivity contribution < 1.29 is 9.53 Å². The fraction of sp³-hybridized carbons (Fsp3) is 0.722. The topological polar surface area (TPSA) is 67.4 Å².